The Labute approximate surface area is 152 Å². The van der Waals surface area contributed by atoms with E-state index >= 15 is 0 Å². The molecule has 2 heterocycles. The number of likely N-dealkylation sites (tertiary alicyclic amines) is 1. The summed E-state index contributed by atoms with van der Waals surface area (Å²) in [5, 5.41) is 0. The minimum atomic E-state index is 0.163. The molecule has 0 radical (unpaired) electrons. The largest absolute Gasteiger partial charge is 0.376 e. The summed E-state index contributed by atoms with van der Waals surface area (Å²) in [5.74, 6) is 0.261. The maximum Gasteiger partial charge on any atom is 0.237 e. The lowest BCUT2D eigenvalue weighted by molar-refractivity contribution is -0.135. The third-order valence-electron chi connectivity index (χ3n) is 5.42. The van der Waals surface area contributed by atoms with Crippen LogP contribution in [0.4, 0.5) is 0 Å². The molecule has 1 aromatic rings. The van der Waals surface area contributed by atoms with Gasteiger partial charge in [-0.05, 0) is 36.3 Å². The smallest absolute Gasteiger partial charge is 0.237 e. The fourth-order valence-corrected chi connectivity index (χ4v) is 3.93. The van der Waals surface area contributed by atoms with Gasteiger partial charge in [-0.2, -0.15) is 0 Å². The first kappa shape index (κ1) is 18.4. The first-order chi connectivity index (χ1) is 11.8. The van der Waals surface area contributed by atoms with E-state index in [1.807, 2.05) is 0 Å². The highest BCUT2D eigenvalue weighted by molar-refractivity contribution is 5.79. The topological polar surface area (TPSA) is 32.8 Å². The predicted octanol–water partition coefficient (Wildman–Crippen LogP) is 3.37. The molecule has 2 atom stereocenters. The van der Waals surface area contributed by atoms with Crippen molar-refractivity contribution in [3.63, 3.8) is 0 Å². The molecule has 0 bridgehead atoms. The zero-order valence-corrected chi connectivity index (χ0v) is 16.1. The highest BCUT2D eigenvalue weighted by Crippen LogP contribution is 2.33. The summed E-state index contributed by atoms with van der Waals surface area (Å²) in [7, 11) is 0. The summed E-state index contributed by atoms with van der Waals surface area (Å²) in [6, 6.07) is 9.11. The number of morpholine rings is 1. The molecule has 2 fully saturated rings. The Bertz CT molecular complexity index is 591. The van der Waals surface area contributed by atoms with Crippen LogP contribution in [0.15, 0.2) is 24.3 Å². The van der Waals surface area contributed by atoms with E-state index in [0.29, 0.717) is 6.54 Å². The summed E-state index contributed by atoms with van der Waals surface area (Å²) < 4.78 is 5.58. The van der Waals surface area contributed by atoms with Crippen molar-refractivity contribution in [1.29, 1.82) is 0 Å². The molecular weight excluding hydrogens is 312 g/mol. The number of benzene rings is 1. The van der Waals surface area contributed by atoms with E-state index in [-0.39, 0.29) is 23.5 Å². The van der Waals surface area contributed by atoms with Crippen LogP contribution in [-0.2, 0) is 14.9 Å². The lowest BCUT2D eigenvalue weighted by Crippen LogP contribution is -2.47. The van der Waals surface area contributed by atoms with Gasteiger partial charge in [0.15, 0.2) is 0 Å². The second-order valence-corrected chi connectivity index (χ2v) is 8.53. The summed E-state index contributed by atoms with van der Waals surface area (Å²) in [6.07, 6.45) is 2.39. The molecule has 3 rings (SSSR count). The second kappa shape index (κ2) is 7.46. The molecule has 2 saturated heterocycles. The Balaban J connectivity index is 1.66. The van der Waals surface area contributed by atoms with E-state index in [9.17, 15) is 4.79 Å². The van der Waals surface area contributed by atoms with Gasteiger partial charge in [-0.1, -0.05) is 45.0 Å². The van der Waals surface area contributed by atoms with Crippen LogP contribution in [0.5, 0.6) is 0 Å². The molecule has 2 aliphatic rings. The van der Waals surface area contributed by atoms with E-state index in [1.54, 1.807) is 0 Å². The fraction of sp³-hybridized carbons (Fsp3) is 0.667. The van der Waals surface area contributed by atoms with E-state index in [2.05, 4.69) is 61.8 Å². The molecule has 0 aliphatic carbocycles. The number of amides is 1. The van der Waals surface area contributed by atoms with E-state index < -0.39 is 0 Å². The van der Waals surface area contributed by atoms with Gasteiger partial charge in [0, 0.05) is 19.6 Å². The van der Waals surface area contributed by atoms with Crippen molar-refractivity contribution in [3.8, 4) is 0 Å². The quantitative estimate of drug-likeness (QED) is 0.843. The van der Waals surface area contributed by atoms with Crippen molar-refractivity contribution < 1.29 is 9.53 Å². The average Bonchev–Trinajstić information content (AvgIpc) is 3.04. The third-order valence-corrected chi connectivity index (χ3v) is 5.42. The molecular formula is C21H32N2O2. The van der Waals surface area contributed by atoms with Gasteiger partial charge in [-0.15, -0.1) is 0 Å². The highest BCUT2D eigenvalue weighted by atomic mass is 16.5. The van der Waals surface area contributed by atoms with Gasteiger partial charge >= 0.3 is 0 Å². The van der Waals surface area contributed by atoms with Crippen LogP contribution in [0, 0.1) is 0 Å². The maximum atomic E-state index is 12.9. The number of nitrogens with zero attached hydrogens (tertiary/aromatic N) is 2. The molecule has 4 nitrogen and oxygen atoms in total. The van der Waals surface area contributed by atoms with Gasteiger partial charge in [0.1, 0.15) is 0 Å². The number of hydrogen-bond donors (Lipinski definition) is 0. The molecule has 1 amide bonds. The molecule has 2 aliphatic heterocycles. The minimum absolute atomic E-state index is 0.163. The minimum Gasteiger partial charge on any atom is -0.376 e. The SMILES string of the molecule is C[C@@H]1CN(CC(=O)N2CCC[C@@H]2c2ccc(C(C)(C)C)cc2)CCO1. The van der Waals surface area contributed by atoms with Gasteiger partial charge < -0.3 is 9.64 Å². The molecule has 138 valence electrons. The zero-order chi connectivity index (χ0) is 18.0. The molecule has 25 heavy (non-hydrogen) atoms. The van der Waals surface area contributed by atoms with Gasteiger partial charge in [-0.25, -0.2) is 0 Å². The standard InChI is InChI=1S/C21H32N2O2/c1-16-14-22(12-13-25-16)15-20(24)23-11-5-6-19(23)17-7-9-18(10-8-17)21(2,3)4/h7-10,16,19H,5-6,11-15H2,1-4H3/t16-,19-/m1/s1. The average molecular weight is 344 g/mol. The molecule has 1 aromatic carbocycles. The van der Waals surface area contributed by atoms with Crippen molar-refractivity contribution in [1.82, 2.24) is 9.80 Å². The van der Waals surface area contributed by atoms with Crippen LogP contribution in [-0.4, -0.2) is 54.6 Å². The third kappa shape index (κ3) is 4.42. The molecule has 0 N–H and O–H groups in total. The van der Waals surface area contributed by atoms with Crippen LogP contribution >= 0.6 is 0 Å². The first-order valence-corrected chi connectivity index (χ1v) is 9.58. The summed E-state index contributed by atoms with van der Waals surface area (Å²) in [4.78, 5) is 17.2. The van der Waals surface area contributed by atoms with E-state index in [1.165, 1.54) is 11.1 Å². The van der Waals surface area contributed by atoms with Crippen LogP contribution in [0.3, 0.4) is 0 Å². The normalized spacial score (nSPS) is 25.4. The van der Waals surface area contributed by atoms with Crippen LogP contribution < -0.4 is 0 Å². The summed E-state index contributed by atoms with van der Waals surface area (Å²) in [6.45, 7) is 12.6. The number of carbonyl (C=O) groups excluding carboxylic acids is 1. The number of carbonyl (C=O) groups is 1. The second-order valence-electron chi connectivity index (χ2n) is 8.53. The number of hydrogen-bond acceptors (Lipinski definition) is 3. The summed E-state index contributed by atoms with van der Waals surface area (Å²) >= 11 is 0. The van der Waals surface area contributed by atoms with Crippen LogP contribution in [0.2, 0.25) is 0 Å². The van der Waals surface area contributed by atoms with Crippen LogP contribution in [0.1, 0.15) is 57.7 Å². The Morgan fingerprint density at radius 3 is 2.56 bits per heavy atom. The molecule has 0 unspecified atom stereocenters. The number of ether oxygens (including phenoxy) is 1. The Morgan fingerprint density at radius 1 is 1.20 bits per heavy atom. The van der Waals surface area contributed by atoms with Crippen molar-refractivity contribution in [3.05, 3.63) is 35.4 Å². The Morgan fingerprint density at radius 2 is 1.92 bits per heavy atom. The fourth-order valence-electron chi connectivity index (χ4n) is 3.93. The Kier molecular flexibility index (Phi) is 5.49. The van der Waals surface area contributed by atoms with Crippen molar-refractivity contribution in [2.24, 2.45) is 0 Å². The molecule has 0 spiro atoms. The predicted molar refractivity (Wildman–Crippen MR) is 101 cm³/mol. The zero-order valence-electron chi connectivity index (χ0n) is 16.1. The van der Waals surface area contributed by atoms with Gasteiger partial charge in [0.05, 0.1) is 25.3 Å². The van der Waals surface area contributed by atoms with Crippen molar-refractivity contribution >= 4 is 5.91 Å². The lowest BCUT2D eigenvalue weighted by Gasteiger charge is -2.33. The molecule has 0 aromatic heterocycles. The Hall–Kier alpha value is -1.39. The van der Waals surface area contributed by atoms with E-state index in [0.717, 1.165) is 39.1 Å². The van der Waals surface area contributed by atoms with Gasteiger partial charge in [0.2, 0.25) is 5.91 Å². The van der Waals surface area contributed by atoms with E-state index in [4.69, 9.17) is 4.74 Å². The molecule has 4 heteroatoms. The van der Waals surface area contributed by atoms with Crippen molar-refractivity contribution in [2.75, 3.05) is 32.8 Å². The first-order valence-electron chi connectivity index (χ1n) is 9.58. The van der Waals surface area contributed by atoms with Crippen molar-refractivity contribution in [2.45, 2.75) is 58.1 Å². The number of rotatable bonds is 3. The van der Waals surface area contributed by atoms with Gasteiger partial charge in [-0.3, -0.25) is 9.69 Å². The summed E-state index contributed by atoms with van der Waals surface area (Å²) in [5.41, 5.74) is 2.78. The highest BCUT2D eigenvalue weighted by Gasteiger charge is 2.31. The molecule has 0 saturated carbocycles. The lowest BCUT2D eigenvalue weighted by atomic mass is 9.86. The van der Waals surface area contributed by atoms with Gasteiger partial charge in [0.25, 0.3) is 0 Å². The maximum absolute atomic E-state index is 12.9. The van der Waals surface area contributed by atoms with Crippen LogP contribution in [0.25, 0.3) is 0 Å². The monoisotopic (exact) mass is 344 g/mol.